The molecule has 1 spiro atoms. The molecule has 1 saturated carbocycles. The van der Waals surface area contributed by atoms with Gasteiger partial charge in [-0.2, -0.15) is 0 Å². The number of thiophene rings is 1. The topological polar surface area (TPSA) is 35.2 Å². The highest BCUT2D eigenvalue weighted by Gasteiger charge is 2.48. The van der Waals surface area contributed by atoms with Gasteiger partial charge in [0.05, 0.1) is 5.60 Å². The van der Waals surface area contributed by atoms with E-state index < -0.39 is 0 Å². The Morgan fingerprint density at radius 2 is 1.88 bits per heavy atom. The second-order valence-electron chi connectivity index (χ2n) is 8.20. The van der Waals surface area contributed by atoms with Gasteiger partial charge in [-0.3, -0.25) is 0 Å². The molecule has 2 atom stereocenters. The summed E-state index contributed by atoms with van der Waals surface area (Å²) < 4.78 is 19.8. The van der Waals surface area contributed by atoms with Crippen molar-refractivity contribution >= 4 is 11.3 Å². The quantitative estimate of drug-likeness (QED) is 0.781. The Balaban J connectivity index is 1.61. The number of nitrogens with two attached hydrogens (primary N) is 1. The molecular weight excluding hydrogens is 345 g/mol. The number of hydrogen-bond donors (Lipinski definition) is 1. The van der Waals surface area contributed by atoms with E-state index in [1.54, 1.807) is 23.5 Å². The minimum atomic E-state index is -0.172. The Morgan fingerprint density at radius 3 is 2.58 bits per heavy atom. The lowest BCUT2D eigenvalue weighted by Crippen LogP contribution is -2.48. The summed E-state index contributed by atoms with van der Waals surface area (Å²) in [6.45, 7) is 0.781. The predicted octanol–water partition coefficient (Wildman–Crippen LogP) is 5.21. The third-order valence-electron chi connectivity index (χ3n) is 6.32. The first kappa shape index (κ1) is 18.1. The minimum Gasteiger partial charge on any atom is -0.375 e. The summed E-state index contributed by atoms with van der Waals surface area (Å²) in [5, 5.41) is 2.11. The molecule has 2 unspecified atom stereocenters. The summed E-state index contributed by atoms with van der Waals surface area (Å²) in [5.74, 6) is -0.172. The van der Waals surface area contributed by atoms with Gasteiger partial charge in [-0.25, -0.2) is 4.39 Å². The Morgan fingerprint density at radius 1 is 1.12 bits per heavy atom. The van der Waals surface area contributed by atoms with Crippen molar-refractivity contribution in [3.05, 3.63) is 58.0 Å². The van der Waals surface area contributed by atoms with E-state index in [0.717, 1.165) is 45.1 Å². The molecule has 2 N–H and O–H groups in total. The fourth-order valence-corrected chi connectivity index (χ4v) is 5.96. The normalized spacial score (nSPS) is 26.2. The van der Waals surface area contributed by atoms with Gasteiger partial charge < -0.3 is 10.5 Å². The van der Waals surface area contributed by atoms with Crippen LogP contribution in [0.2, 0.25) is 0 Å². The van der Waals surface area contributed by atoms with Gasteiger partial charge in [0.2, 0.25) is 0 Å². The zero-order valence-corrected chi connectivity index (χ0v) is 16.1. The Bertz CT molecular complexity index is 708. The van der Waals surface area contributed by atoms with Gasteiger partial charge in [-0.15, -0.1) is 11.3 Å². The van der Waals surface area contributed by atoms with Crippen molar-refractivity contribution in [2.45, 2.75) is 68.4 Å². The van der Waals surface area contributed by atoms with E-state index in [1.807, 2.05) is 12.1 Å². The molecule has 0 radical (unpaired) electrons. The van der Waals surface area contributed by atoms with E-state index in [0.29, 0.717) is 0 Å². The molecule has 2 aliphatic rings. The monoisotopic (exact) mass is 373 g/mol. The van der Waals surface area contributed by atoms with Gasteiger partial charge in [0.15, 0.2) is 0 Å². The molecule has 2 fully saturated rings. The molecule has 4 heteroatoms. The van der Waals surface area contributed by atoms with Crippen molar-refractivity contribution in [3.63, 3.8) is 0 Å². The number of halogens is 1. The Labute approximate surface area is 159 Å². The van der Waals surface area contributed by atoms with Gasteiger partial charge in [-0.05, 0) is 67.7 Å². The molecule has 0 bridgehead atoms. The molecule has 1 saturated heterocycles. The summed E-state index contributed by atoms with van der Waals surface area (Å²) in [6, 6.07) is 11.5. The molecule has 1 aromatic carbocycles. The maximum Gasteiger partial charge on any atom is 0.123 e. The highest BCUT2D eigenvalue weighted by Crippen LogP contribution is 2.50. The second-order valence-corrected chi connectivity index (χ2v) is 9.23. The van der Waals surface area contributed by atoms with Crippen LogP contribution in [0.3, 0.4) is 0 Å². The van der Waals surface area contributed by atoms with Crippen LogP contribution >= 0.6 is 11.3 Å². The van der Waals surface area contributed by atoms with Gasteiger partial charge in [0.1, 0.15) is 5.82 Å². The van der Waals surface area contributed by atoms with Crippen LogP contribution in [0.1, 0.15) is 55.4 Å². The minimum absolute atomic E-state index is 0.00698. The smallest absolute Gasteiger partial charge is 0.123 e. The number of hydrogen-bond acceptors (Lipinski definition) is 3. The first-order valence-electron chi connectivity index (χ1n) is 9.77. The molecule has 1 aliphatic heterocycles. The van der Waals surface area contributed by atoms with Crippen molar-refractivity contribution in [1.82, 2.24) is 0 Å². The standard InChI is InChI=1S/C22H28FNOS/c23-18-7-5-17(6-8-18)21(15-19(24)14-20-4-3-13-26-20)11-12-25-22(16-21)9-1-2-10-22/h3-8,13,19H,1-2,9-12,14-16,24H2. The molecule has 2 nitrogen and oxygen atoms in total. The third kappa shape index (κ3) is 3.73. The average molecular weight is 374 g/mol. The Hall–Kier alpha value is -1.23. The van der Waals surface area contributed by atoms with Crippen LogP contribution in [0.15, 0.2) is 41.8 Å². The fourth-order valence-electron chi connectivity index (χ4n) is 5.16. The zero-order valence-electron chi connectivity index (χ0n) is 15.3. The summed E-state index contributed by atoms with van der Waals surface area (Å²) in [5.41, 5.74) is 7.86. The van der Waals surface area contributed by atoms with Crippen LogP contribution in [-0.2, 0) is 16.6 Å². The van der Waals surface area contributed by atoms with Crippen molar-refractivity contribution in [2.75, 3.05) is 6.61 Å². The van der Waals surface area contributed by atoms with E-state index in [9.17, 15) is 4.39 Å². The summed E-state index contributed by atoms with van der Waals surface area (Å²) in [6.07, 6.45) is 8.63. The predicted molar refractivity (Wildman–Crippen MR) is 105 cm³/mol. The highest BCUT2D eigenvalue weighted by molar-refractivity contribution is 7.09. The zero-order chi connectivity index (χ0) is 18.0. The molecule has 140 valence electrons. The first-order valence-corrected chi connectivity index (χ1v) is 10.7. The van der Waals surface area contributed by atoms with Crippen LogP contribution in [0.25, 0.3) is 0 Å². The molecule has 1 aliphatic carbocycles. The van der Waals surface area contributed by atoms with Crippen LogP contribution in [0.4, 0.5) is 4.39 Å². The SMILES string of the molecule is NC(Cc1cccs1)CC1(c2ccc(F)cc2)CCOC2(CCCC2)C1. The lowest BCUT2D eigenvalue weighted by molar-refractivity contribution is -0.104. The molecule has 0 amide bonds. The van der Waals surface area contributed by atoms with Gasteiger partial charge in [0.25, 0.3) is 0 Å². The lowest BCUT2D eigenvalue weighted by Gasteiger charge is -2.48. The Kier molecular flexibility index (Phi) is 5.18. The second kappa shape index (κ2) is 7.41. The van der Waals surface area contributed by atoms with Crippen LogP contribution < -0.4 is 5.73 Å². The van der Waals surface area contributed by atoms with Crippen LogP contribution in [-0.4, -0.2) is 18.2 Å². The summed E-state index contributed by atoms with van der Waals surface area (Å²) >= 11 is 1.77. The van der Waals surface area contributed by atoms with Crippen molar-refractivity contribution < 1.29 is 9.13 Å². The van der Waals surface area contributed by atoms with E-state index in [-0.39, 0.29) is 22.9 Å². The van der Waals surface area contributed by atoms with E-state index >= 15 is 0 Å². The lowest BCUT2D eigenvalue weighted by atomic mass is 9.64. The molecular formula is C22H28FNOS. The van der Waals surface area contributed by atoms with Crippen molar-refractivity contribution in [2.24, 2.45) is 5.73 Å². The maximum atomic E-state index is 13.5. The third-order valence-corrected chi connectivity index (χ3v) is 7.22. The molecule has 2 aromatic rings. The highest BCUT2D eigenvalue weighted by atomic mass is 32.1. The van der Waals surface area contributed by atoms with E-state index in [4.69, 9.17) is 10.5 Å². The van der Waals surface area contributed by atoms with Gasteiger partial charge in [-0.1, -0.05) is 31.0 Å². The van der Waals surface area contributed by atoms with E-state index in [2.05, 4.69) is 17.5 Å². The fraction of sp³-hybridized carbons (Fsp3) is 0.545. The summed E-state index contributed by atoms with van der Waals surface area (Å²) in [4.78, 5) is 1.34. The number of rotatable bonds is 5. The number of ether oxygens (including phenoxy) is 1. The molecule has 26 heavy (non-hydrogen) atoms. The van der Waals surface area contributed by atoms with Crippen LogP contribution in [0, 0.1) is 5.82 Å². The largest absolute Gasteiger partial charge is 0.375 e. The van der Waals surface area contributed by atoms with Crippen LogP contribution in [0.5, 0.6) is 0 Å². The molecule has 2 heterocycles. The molecule has 1 aromatic heterocycles. The van der Waals surface area contributed by atoms with Gasteiger partial charge in [0, 0.05) is 22.9 Å². The number of benzene rings is 1. The van der Waals surface area contributed by atoms with Gasteiger partial charge >= 0.3 is 0 Å². The van der Waals surface area contributed by atoms with Crippen molar-refractivity contribution in [1.29, 1.82) is 0 Å². The summed E-state index contributed by atoms with van der Waals surface area (Å²) in [7, 11) is 0. The first-order chi connectivity index (χ1) is 12.6. The molecule has 4 rings (SSSR count). The maximum absolute atomic E-state index is 13.5. The van der Waals surface area contributed by atoms with Crippen molar-refractivity contribution in [3.8, 4) is 0 Å². The van der Waals surface area contributed by atoms with E-state index in [1.165, 1.54) is 23.3 Å². The average Bonchev–Trinajstić information content (AvgIpc) is 3.28.